The van der Waals surface area contributed by atoms with Gasteiger partial charge in [0, 0.05) is 18.7 Å². The van der Waals surface area contributed by atoms with E-state index in [2.05, 4.69) is 18.7 Å². The number of anilines is 1. The molecular formula is C13H15N3O2. The standard InChI is InChI=1S/C13H15N3O2/c1-9-5-6-15(10(9)2)12-4-3-11(8-14)7-13(12)16(17)18/h3-4,7,9-10H,5-6H2,1-2H3. The van der Waals surface area contributed by atoms with Gasteiger partial charge in [0.2, 0.25) is 0 Å². The second kappa shape index (κ2) is 4.65. The first-order valence-corrected chi connectivity index (χ1v) is 5.99. The van der Waals surface area contributed by atoms with Crippen LogP contribution in [0.5, 0.6) is 0 Å². The lowest BCUT2D eigenvalue weighted by molar-refractivity contribution is -0.384. The molecular weight excluding hydrogens is 230 g/mol. The van der Waals surface area contributed by atoms with E-state index in [0.717, 1.165) is 13.0 Å². The van der Waals surface area contributed by atoms with E-state index < -0.39 is 4.92 Å². The van der Waals surface area contributed by atoms with Crippen LogP contribution in [-0.2, 0) is 0 Å². The molecule has 0 aliphatic carbocycles. The van der Waals surface area contributed by atoms with Crippen LogP contribution in [0.25, 0.3) is 0 Å². The van der Waals surface area contributed by atoms with Crippen molar-refractivity contribution >= 4 is 11.4 Å². The third kappa shape index (κ3) is 2.02. The number of hydrogen-bond donors (Lipinski definition) is 0. The number of benzene rings is 1. The van der Waals surface area contributed by atoms with Crippen LogP contribution in [0.3, 0.4) is 0 Å². The molecule has 18 heavy (non-hydrogen) atoms. The van der Waals surface area contributed by atoms with Crippen molar-refractivity contribution in [2.24, 2.45) is 5.92 Å². The Balaban J connectivity index is 2.45. The average Bonchev–Trinajstić information content (AvgIpc) is 2.69. The van der Waals surface area contributed by atoms with Crippen molar-refractivity contribution < 1.29 is 4.92 Å². The van der Waals surface area contributed by atoms with Crippen molar-refractivity contribution in [3.8, 4) is 6.07 Å². The molecule has 0 aromatic heterocycles. The van der Waals surface area contributed by atoms with Gasteiger partial charge in [0.1, 0.15) is 5.69 Å². The molecule has 0 N–H and O–H groups in total. The minimum atomic E-state index is -0.411. The second-order valence-corrected chi connectivity index (χ2v) is 4.77. The molecule has 94 valence electrons. The average molecular weight is 245 g/mol. The number of hydrogen-bond acceptors (Lipinski definition) is 4. The molecule has 1 aliphatic heterocycles. The van der Waals surface area contributed by atoms with Crippen LogP contribution in [0.15, 0.2) is 18.2 Å². The summed E-state index contributed by atoms with van der Waals surface area (Å²) in [5, 5.41) is 19.9. The highest BCUT2D eigenvalue weighted by Gasteiger charge is 2.31. The Labute approximate surface area is 106 Å². The maximum absolute atomic E-state index is 11.1. The van der Waals surface area contributed by atoms with E-state index in [-0.39, 0.29) is 11.7 Å². The molecule has 2 atom stereocenters. The van der Waals surface area contributed by atoms with Gasteiger partial charge in [-0.3, -0.25) is 10.1 Å². The number of nitrogens with zero attached hydrogens (tertiary/aromatic N) is 3. The Bertz CT molecular complexity index is 521. The molecule has 0 radical (unpaired) electrons. The zero-order chi connectivity index (χ0) is 13.3. The Kier molecular flexibility index (Phi) is 3.19. The molecule has 1 aromatic rings. The van der Waals surface area contributed by atoms with E-state index in [0.29, 0.717) is 17.2 Å². The number of rotatable bonds is 2. The summed E-state index contributed by atoms with van der Waals surface area (Å²) < 4.78 is 0. The van der Waals surface area contributed by atoms with Gasteiger partial charge in [-0.1, -0.05) is 6.92 Å². The predicted molar refractivity (Wildman–Crippen MR) is 68.4 cm³/mol. The topological polar surface area (TPSA) is 70.2 Å². The molecule has 0 amide bonds. The highest BCUT2D eigenvalue weighted by atomic mass is 16.6. The molecule has 0 saturated carbocycles. The lowest BCUT2D eigenvalue weighted by Gasteiger charge is -2.25. The molecule has 5 nitrogen and oxygen atoms in total. The Morgan fingerprint density at radius 1 is 1.50 bits per heavy atom. The quantitative estimate of drug-likeness (QED) is 0.593. The fourth-order valence-electron chi connectivity index (χ4n) is 2.42. The predicted octanol–water partition coefficient (Wildman–Crippen LogP) is 2.70. The summed E-state index contributed by atoms with van der Waals surface area (Å²) in [6, 6.07) is 6.90. The van der Waals surface area contributed by atoms with Crippen molar-refractivity contribution in [3.63, 3.8) is 0 Å². The fourth-order valence-corrected chi connectivity index (χ4v) is 2.42. The Morgan fingerprint density at radius 3 is 2.72 bits per heavy atom. The molecule has 1 fully saturated rings. The number of nitro groups is 1. The van der Waals surface area contributed by atoms with Gasteiger partial charge in [-0.25, -0.2) is 0 Å². The summed E-state index contributed by atoms with van der Waals surface area (Å²) in [5.74, 6) is 0.528. The molecule has 2 rings (SSSR count). The van der Waals surface area contributed by atoms with Crippen LogP contribution in [0, 0.1) is 27.4 Å². The molecule has 2 unspecified atom stereocenters. The van der Waals surface area contributed by atoms with Crippen LogP contribution < -0.4 is 4.90 Å². The van der Waals surface area contributed by atoms with Gasteiger partial charge in [0.05, 0.1) is 16.6 Å². The second-order valence-electron chi connectivity index (χ2n) is 4.77. The largest absolute Gasteiger partial charge is 0.363 e. The summed E-state index contributed by atoms with van der Waals surface area (Å²) >= 11 is 0. The van der Waals surface area contributed by atoms with Crippen molar-refractivity contribution in [3.05, 3.63) is 33.9 Å². The van der Waals surface area contributed by atoms with E-state index in [9.17, 15) is 10.1 Å². The third-order valence-corrected chi connectivity index (χ3v) is 3.75. The minimum Gasteiger partial charge on any atom is -0.363 e. The molecule has 0 spiro atoms. The van der Waals surface area contributed by atoms with Crippen LogP contribution in [0.4, 0.5) is 11.4 Å². The van der Waals surface area contributed by atoms with Crippen LogP contribution in [-0.4, -0.2) is 17.5 Å². The lowest BCUT2D eigenvalue weighted by atomic mass is 10.0. The molecule has 1 heterocycles. The van der Waals surface area contributed by atoms with Crippen molar-refractivity contribution in [2.75, 3.05) is 11.4 Å². The molecule has 1 saturated heterocycles. The number of nitriles is 1. The van der Waals surface area contributed by atoms with E-state index in [1.165, 1.54) is 6.07 Å². The van der Waals surface area contributed by atoms with Crippen molar-refractivity contribution in [2.45, 2.75) is 26.3 Å². The Hall–Kier alpha value is -2.09. The number of nitro benzene ring substituents is 1. The molecule has 1 aliphatic rings. The minimum absolute atomic E-state index is 0.0231. The zero-order valence-corrected chi connectivity index (χ0v) is 10.5. The molecule has 5 heteroatoms. The zero-order valence-electron chi connectivity index (χ0n) is 10.5. The summed E-state index contributed by atoms with van der Waals surface area (Å²) in [5.41, 5.74) is 0.969. The smallest absolute Gasteiger partial charge is 0.293 e. The van der Waals surface area contributed by atoms with Gasteiger partial charge in [0.15, 0.2) is 0 Å². The van der Waals surface area contributed by atoms with Gasteiger partial charge in [-0.2, -0.15) is 5.26 Å². The highest BCUT2D eigenvalue weighted by Crippen LogP contribution is 2.35. The first kappa shape index (κ1) is 12.4. The fraction of sp³-hybridized carbons (Fsp3) is 0.462. The van der Waals surface area contributed by atoms with Crippen LogP contribution in [0.2, 0.25) is 0 Å². The molecule has 1 aromatic carbocycles. The van der Waals surface area contributed by atoms with E-state index in [4.69, 9.17) is 5.26 Å². The van der Waals surface area contributed by atoms with E-state index in [1.807, 2.05) is 6.07 Å². The van der Waals surface area contributed by atoms with Crippen LogP contribution in [0.1, 0.15) is 25.8 Å². The SMILES string of the molecule is CC1CCN(c2ccc(C#N)cc2[N+](=O)[O-])C1C. The van der Waals surface area contributed by atoms with Crippen molar-refractivity contribution in [1.82, 2.24) is 0 Å². The Morgan fingerprint density at radius 2 is 2.22 bits per heavy atom. The highest BCUT2D eigenvalue weighted by molar-refractivity contribution is 5.66. The normalized spacial score (nSPS) is 22.8. The van der Waals surface area contributed by atoms with Gasteiger partial charge in [0.25, 0.3) is 5.69 Å². The molecule has 0 bridgehead atoms. The maximum Gasteiger partial charge on any atom is 0.293 e. The monoisotopic (exact) mass is 245 g/mol. The lowest BCUT2D eigenvalue weighted by Crippen LogP contribution is -2.29. The first-order chi connectivity index (χ1) is 8.54. The maximum atomic E-state index is 11.1. The summed E-state index contributed by atoms with van der Waals surface area (Å²) in [4.78, 5) is 12.8. The van der Waals surface area contributed by atoms with Gasteiger partial charge in [-0.15, -0.1) is 0 Å². The summed E-state index contributed by atoms with van der Waals surface area (Å²) in [6.07, 6.45) is 1.04. The van der Waals surface area contributed by atoms with Crippen molar-refractivity contribution in [1.29, 1.82) is 5.26 Å². The summed E-state index contributed by atoms with van der Waals surface area (Å²) in [6.45, 7) is 5.06. The van der Waals surface area contributed by atoms with Gasteiger partial charge >= 0.3 is 0 Å². The first-order valence-electron chi connectivity index (χ1n) is 5.99. The van der Waals surface area contributed by atoms with Gasteiger partial charge < -0.3 is 4.90 Å². The third-order valence-electron chi connectivity index (χ3n) is 3.75. The summed E-state index contributed by atoms with van der Waals surface area (Å²) in [7, 11) is 0. The van der Waals surface area contributed by atoms with E-state index >= 15 is 0 Å². The van der Waals surface area contributed by atoms with Gasteiger partial charge in [-0.05, 0) is 31.4 Å². The van der Waals surface area contributed by atoms with E-state index in [1.54, 1.807) is 12.1 Å². The van der Waals surface area contributed by atoms with Crippen LogP contribution >= 0.6 is 0 Å².